The van der Waals surface area contributed by atoms with Gasteiger partial charge in [0.25, 0.3) is 5.91 Å². The number of nitrogens with one attached hydrogen (secondary N) is 1. The first kappa shape index (κ1) is 21.6. The number of ether oxygens (including phenoxy) is 2. The van der Waals surface area contributed by atoms with E-state index in [0.29, 0.717) is 24.1 Å². The number of carbonyl (C=O) groups is 1. The van der Waals surface area contributed by atoms with Crippen molar-refractivity contribution in [1.82, 2.24) is 5.32 Å². The molecule has 0 saturated carbocycles. The Labute approximate surface area is 162 Å². The number of hydrogen-bond acceptors (Lipinski definition) is 5. The molecule has 1 N–H and O–H groups in total. The average molecular weight is 413 g/mol. The second-order valence-corrected chi connectivity index (χ2v) is 8.28. The van der Waals surface area contributed by atoms with Crippen molar-refractivity contribution in [3.8, 4) is 11.5 Å². The summed E-state index contributed by atoms with van der Waals surface area (Å²) in [5.74, 6) is -0.247. The Bertz CT molecular complexity index is 914. The normalized spacial score (nSPS) is 11.3. The number of sulfone groups is 1. The van der Waals surface area contributed by atoms with Crippen molar-refractivity contribution >= 4 is 15.7 Å². The van der Waals surface area contributed by atoms with E-state index in [1.165, 1.54) is 13.2 Å². The van der Waals surface area contributed by atoms with Gasteiger partial charge in [0.15, 0.2) is 21.3 Å². The van der Waals surface area contributed by atoms with Gasteiger partial charge in [-0.05, 0) is 41.8 Å². The quantitative estimate of drug-likeness (QED) is 0.684. The van der Waals surface area contributed by atoms with Crippen LogP contribution in [0.4, 0.5) is 8.78 Å². The number of hydrogen-bond donors (Lipinski definition) is 1. The number of methoxy groups -OCH3 is 1. The van der Waals surface area contributed by atoms with Gasteiger partial charge in [0, 0.05) is 18.4 Å². The van der Waals surface area contributed by atoms with Crippen molar-refractivity contribution in [3.05, 3.63) is 59.2 Å². The van der Waals surface area contributed by atoms with Crippen LogP contribution in [0.1, 0.15) is 21.5 Å². The average Bonchev–Trinajstić information content (AvgIpc) is 2.61. The summed E-state index contributed by atoms with van der Waals surface area (Å²) in [5.41, 5.74) is 1.80. The zero-order valence-corrected chi connectivity index (χ0v) is 16.3. The third-order valence-corrected chi connectivity index (χ3v) is 4.65. The minimum atomic E-state index is -3.13. The highest BCUT2D eigenvalue weighted by molar-refractivity contribution is 7.89. The van der Waals surface area contributed by atoms with Gasteiger partial charge >= 0.3 is 6.61 Å². The fourth-order valence-corrected chi connectivity index (χ4v) is 3.34. The van der Waals surface area contributed by atoms with E-state index in [9.17, 15) is 22.0 Å². The molecule has 0 heterocycles. The van der Waals surface area contributed by atoms with Crippen LogP contribution in [0.3, 0.4) is 0 Å². The number of carbonyl (C=O) groups excluding carboxylic acids is 1. The lowest BCUT2D eigenvalue weighted by Crippen LogP contribution is -2.25. The third-order valence-electron chi connectivity index (χ3n) is 3.79. The van der Waals surface area contributed by atoms with Crippen LogP contribution in [-0.4, -0.2) is 40.8 Å². The largest absolute Gasteiger partial charge is 0.493 e. The Morgan fingerprint density at radius 2 is 1.71 bits per heavy atom. The molecule has 0 atom stereocenters. The maximum Gasteiger partial charge on any atom is 0.387 e. The van der Waals surface area contributed by atoms with E-state index >= 15 is 0 Å². The maximum absolute atomic E-state index is 12.3. The lowest BCUT2D eigenvalue weighted by atomic mass is 10.1. The first-order valence-corrected chi connectivity index (χ1v) is 10.4. The van der Waals surface area contributed by atoms with Crippen LogP contribution in [0.2, 0.25) is 0 Å². The molecule has 0 bridgehead atoms. The summed E-state index contributed by atoms with van der Waals surface area (Å²) in [6.07, 6.45) is 1.61. The molecule has 0 saturated heterocycles. The van der Waals surface area contributed by atoms with Crippen LogP contribution in [0, 0.1) is 0 Å². The van der Waals surface area contributed by atoms with Crippen molar-refractivity contribution in [2.45, 2.75) is 18.8 Å². The molecule has 0 aliphatic rings. The lowest BCUT2D eigenvalue weighted by molar-refractivity contribution is -0.0512. The summed E-state index contributed by atoms with van der Waals surface area (Å²) < 4.78 is 56.7. The molecule has 1 amide bonds. The van der Waals surface area contributed by atoms with Gasteiger partial charge < -0.3 is 14.8 Å². The predicted octanol–water partition coefficient (Wildman–Crippen LogP) is 2.81. The molecule has 2 aromatic carbocycles. The Kier molecular flexibility index (Phi) is 7.33. The number of amides is 1. The van der Waals surface area contributed by atoms with Gasteiger partial charge in [0.2, 0.25) is 0 Å². The van der Waals surface area contributed by atoms with E-state index in [1.54, 1.807) is 36.4 Å². The summed E-state index contributed by atoms with van der Waals surface area (Å²) >= 11 is 0. The number of benzene rings is 2. The van der Waals surface area contributed by atoms with Gasteiger partial charge in [0.05, 0.1) is 12.9 Å². The molecule has 0 aliphatic carbocycles. The van der Waals surface area contributed by atoms with Crippen molar-refractivity contribution < 1.29 is 31.5 Å². The van der Waals surface area contributed by atoms with Gasteiger partial charge in [-0.3, -0.25) is 4.79 Å². The molecule has 0 aromatic heterocycles. The van der Waals surface area contributed by atoms with Crippen LogP contribution in [0.25, 0.3) is 0 Å². The molecule has 9 heteroatoms. The second kappa shape index (κ2) is 9.50. The monoisotopic (exact) mass is 413 g/mol. The highest BCUT2D eigenvalue weighted by atomic mass is 32.2. The first-order chi connectivity index (χ1) is 13.2. The Balaban J connectivity index is 1.91. The van der Waals surface area contributed by atoms with Gasteiger partial charge in [-0.2, -0.15) is 8.78 Å². The van der Waals surface area contributed by atoms with Crippen LogP contribution in [-0.2, 0) is 22.0 Å². The van der Waals surface area contributed by atoms with Crippen molar-refractivity contribution in [2.24, 2.45) is 0 Å². The van der Waals surface area contributed by atoms with E-state index < -0.39 is 16.4 Å². The molecule has 2 aromatic rings. The van der Waals surface area contributed by atoms with Gasteiger partial charge in [-0.15, -0.1) is 0 Å². The van der Waals surface area contributed by atoms with Crippen LogP contribution >= 0.6 is 0 Å². The van der Waals surface area contributed by atoms with Crippen LogP contribution in [0.5, 0.6) is 11.5 Å². The van der Waals surface area contributed by atoms with E-state index in [0.717, 1.165) is 11.8 Å². The van der Waals surface area contributed by atoms with Gasteiger partial charge in [-0.1, -0.05) is 18.2 Å². The summed E-state index contributed by atoms with van der Waals surface area (Å²) in [6.45, 7) is -2.62. The van der Waals surface area contributed by atoms with E-state index in [-0.39, 0.29) is 23.2 Å². The van der Waals surface area contributed by atoms with Crippen LogP contribution < -0.4 is 14.8 Å². The number of halogens is 2. The smallest absolute Gasteiger partial charge is 0.387 e. The molecule has 0 spiro atoms. The minimum absolute atomic E-state index is 0.0560. The van der Waals surface area contributed by atoms with Crippen molar-refractivity contribution in [1.29, 1.82) is 0 Å². The molecule has 2 rings (SSSR count). The minimum Gasteiger partial charge on any atom is -0.493 e. The molecule has 0 radical (unpaired) electrons. The fraction of sp³-hybridized carbons (Fsp3) is 0.316. The molecule has 0 fully saturated rings. The van der Waals surface area contributed by atoms with E-state index in [4.69, 9.17) is 4.74 Å². The number of rotatable bonds is 9. The van der Waals surface area contributed by atoms with Gasteiger partial charge in [-0.25, -0.2) is 8.42 Å². The Morgan fingerprint density at radius 3 is 2.29 bits per heavy atom. The molecule has 0 unspecified atom stereocenters. The number of alkyl halides is 2. The van der Waals surface area contributed by atoms with Crippen molar-refractivity contribution in [3.63, 3.8) is 0 Å². The van der Waals surface area contributed by atoms with Crippen molar-refractivity contribution in [2.75, 3.05) is 19.9 Å². The SMILES string of the molecule is COc1cc(CCNC(=O)c2ccc(CS(C)(=O)=O)cc2)ccc1OC(F)F. The lowest BCUT2D eigenvalue weighted by Gasteiger charge is -2.12. The predicted molar refractivity (Wildman–Crippen MR) is 101 cm³/mol. The molecular formula is C19H21F2NO5S. The molecule has 152 valence electrons. The van der Waals surface area contributed by atoms with E-state index in [1.807, 2.05) is 0 Å². The summed E-state index contributed by atoms with van der Waals surface area (Å²) in [7, 11) is -1.78. The third kappa shape index (κ3) is 6.80. The summed E-state index contributed by atoms with van der Waals surface area (Å²) in [5, 5.41) is 2.75. The Morgan fingerprint density at radius 1 is 1.07 bits per heavy atom. The molecule has 0 aliphatic heterocycles. The fourth-order valence-electron chi connectivity index (χ4n) is 2.54. The summed E-state index contributed by atoms with van der Waals surface area (Å²) in [6, 6.07) is 10.9. The van der Waals surface area contributed by atoms with Crippen LogP contribution in [0.15, 0.2) is 42.5 Å². The summed E-state index contributed by atoms with van der Waals surface area (Å²) in [4.78, 5) is 12.2. The first-order valence-electron chi connectivity index (χ1n) is 8.34. The topological polar surface area (TPSA) is 81.7 Å². The van der Waals surface area contributed by atoms with E-state index in [2.05, 4.69) is 10.1 Å². The molecule has 6 nitrogen and oxygen atoms in total. The van der Waals surface area contributed by atoms with Gasteiger partial charge in [0.1, 0.15) is 0 Å². The molecule has 28 heavy (non-hydrogen) atoms. The highest BCUT2D eigenvalue weighted by Gasteiger charge is 2.12. The Hall–Kier alpha value is -2.68. The zero-order chi connectivity index (χ0) is 20.7. The maximum atomic E-state index is 12.3. The molecular weight excluding hydrogens is 392 g/mol. The standard InChI is InChI=1S/C19H21F2NO5S/c1-26-17-11-13(5-8-16(17)27-19(20)21)9-10-22-18(23)15-6-3-14(4-7-15)12-28(2,24)25/h3-8,11,19H,9-10,12H2,1-2H3,(H,22,23). The zero-order valence-electron chi connectivity index (χ0n) is 15.4. The second-order valence-electron chi connectivity index (χ2n) is 6.14. The highest BCUT2D eigenvalue weighted by Crippen LogP contribution is 2.29.